The van der Waals surface area contributed by atoms with Crippen molar-refractivity contribution < 1.29 is 0 Å². The Morgan fingerprint density at radius 1 is 1.39 bits per heavy atom. The van der Waals surface area contributed by atoms with Gasteiger partial charge < -0.3 is 4.90 Å². The molecule has 0 aromatic carbocycles. The highest BCUT2D eigenvalue weighted by atomic mass is 79.9. The Morgan fingerprint density at radius 2 is 2.22 bits per heavy atom. The van der Waals surface area contributed by atoms with Crippen molar-refractivity contribution in [3.63, 3.8) is 0 Å². The molecule has 3 unspecified atom stereocenters. The molecule has 18 heavy (non-hydrogen) atoms. The van der Waals surface area contributed by atoms with E-state index >= 15 is 0 Å². The van der Waals surface area contributed by atoms with Gasteiger partial charge in [0.15, 0.2) is 0 Å². The lowest BCUT2D eigenvalue weighted by atomic mass is 9.88. The fourth-order valence-corrected chi connectivity index (χ4v) is 4.37. The van der Waals surface area contributed by atoms with E-state index in [0.717, 1.165) is 34.6 Å². The third-order valence-electron chi connectivity index (χ3n) is 4.82. The standard InChI is InChI=1S/C15H21BrN2/c1-10-5-6-17-15(14(10)16)18(2)9-13-8-11-3-4-12(13)7-11/h5-6,11-13H,3-4,7-9H2,1-2H3. The predicted octanol–water partition coefficient (Wildman–Crippen LogP) is 4.02. The molecule has 3 heteroatoms. The van der Waals surface area contributed by atoms with E-state index in [4.69, 9.17) is 0 Å². The number of halogens is 1. The molecule has 1 aromatic rings. The number of pyridine rings is 1. The molecule has 2 aliphatic carbocycles. The molecule has 3 atom stereocenters. The fraction of sp³-hybridized carbons (Fsp3) is 0.667. The van der Waals surface area contributed by atoms with Crippen LogP contribution in [0.1, 0.15) is 31.2 Å². The molecule has 3 rings (SSSR count). The number of aromatic nitrogens is 1. The van der Waals surface area contributed by atoms with Gasteiger partial charge in [0.05, 0.1) is 4.47 Å². The molecule has 2 fully saturated rings. The van der Waals surface area contributed by atoms with Crippen molar-refractivity contribution in [1.82, 2.24) is 4.98 Å². The summed E-state index contributed by atoms with van der Waals surface area (Å²) in [5, 5.41) is 0. The van der Waals surface area contributed by atoms with Gasteiger partial charge in [-0.1, -0.05) is 6.42 Å². The molecule has 0 saturated heterocycles. The maximum absolute atomic E-state index is 4.52. The highest BCUT2D eigenvalue weighted by Crippen LogP contribution is 2.48. The van der Waals surface area contributed by atoms with Crippen molar-refractivity contribution in [2.24, 2.45) is 17.8 Å². The SMILES string of the molecule is Cc1ccnc(N(C)CC2CC3CCC2C3)c1Br. The van der Waals surface area contributed by atoms with Gasteiger partial charge in [-0.25, -0.2) is 4.98 Å². The average Bonchev–Trinajstić information content (AvgIpc) is 2.94. The first-order valence-corrected chi connectivity index (χ1v) is 7.76. The number of anilines is 1. The zero-order valence-electron chi connectivity index (χ0n) is 11.2. The summed E-state index contributed by atoms with van der Waals surface area (Å²) in [6.45, 7) is 3.29. The van der Waals surface area contributed by atoms with Gasteiger partial charge in [-0.3, -0.25) is 0 Å². The zero-order valence-corrected chi connectivity index (χ0v) is 12.8. The number of fused-ring (bicyclic) bond motifs is 2. The zero-order chi connectivity index (χ0) is 12.7. The van der Waals surface area contributed by atoms with Crippen LogP contribution in [0.3, 0.4) is 0 Å². The third kappa shape index (κ3) is 2.18. The van der Waals surface area contributed by atoms with E-state index in [1.165, 1.54) is 31.2 Å². The van der Waals surface area contributed by atoms with Crippen molar-refractivity contribution in [3.8, 4) is 0 Å². The largest absolute Gasteiger partial charge is 0.358 e. The minimum absolute atomic E-state index is 0.892. The summed E-state index contributed by atoms with van der Waals surface area (Å²) in [5.41, 5.74) is 1.26. The molecule has 0 spiro atoms. The molecule has 1 heterocycles. The first-order chi connectivity index (χ1) is 8.65. The van der Waals surface area contributed by atoms with Crippen molar-refractivity contribution in [3.05, 3.63) is 22.3 Å². The van der Waals surface area contributed by atoms with Crippen LogP contribution < -0.4 is 4.90 Å². The molecule has 0 aliphatic heterocycles. The molecule has 0 amide bonds. The lowest BCUT2D eigenvalue weighted by Crippen LogP contribution is -2.29. The maximum atomic E-state index is 4.52. The van der Waals surface area contributed by atoms with Crippen LogP contribution in [0.5, 0.6) is 0 Å². The molecule has 2 saturated carbocycles. The smallest absolute Gasteiger partial charge is 0.142 e. The second-order valence-electron chi connectivity index (χ2n) is 6.08. The van der Waals surface area contributed by atoms with Crippen LogP contribution in [0.4, 0.5) is 5.82 Å². The quantitative estimate of drug-likeness (QED) is 0.838. The summed E-state index contributed by atoms with van der Waals surface area (Å²) < 4.78 is 1.15. The fourth-order valence-electron chi connectivity index (χ4n) is 3.83. The van der Waals surface area contributed by atoms with Gasteiger partial charge in [0.1, 0.15) is 5.82 Å². The predicted molar refractivity (Wildman–Crippen MR) is 78.9 cm³/mol. The van der Waals surface area contributed by atoms with Crippen molar-refractivity contribution in [2.45, 2.75) is 32.6 Å². The van der Waals surface area contributed by atoms with Crippen LogP contribution in [0.25, 0.3) is 0 Å². The van der Waals surface area contributed by atoms with Crippen molar-refractivity contribution >= 4 is 21.7 Å². The summed E-state index contributed by atoms with van der Waals surface area (Å²) in [6.07, 6.45) is 7.79. The molecule has 98 valence electrons. The van der Waals surface area contributed by atoms with E-state index in [-0.39, 0.29) is 0 Å². The Balaban J connectivity index is 1.71. The van der Waals surface area contributed by atoms with Gasteiger partial charge in [-0.05, 0) is 71.5 Å². The number of nitrogens with zero attached hydrogens (tertiary/aromatic N) is 2. The van der Waals surface area contributed by atoms with Crippen LogP contribution in [-0.4, -0.2) is 18.6 Å². The molecule has 2 nitrogen and oxygen atoms in total. The minimum atomic E-state index is 0.892. The highest BCUT2D eigenvalue weighted by molar-refractivity contribution is 9.10. The van der Waals surface area contributed by atoms with Crippen LogP contribution in [0.15, 0.2) is 16.7 Å². The van der Waals surface area contributed by atoms with Gasteiger partial charge in [0, 0.05) is 19.8 Å². The van der Waals surface area contributed by atoms with E-state index < -0.39 is 0 Å². The highest BCUT2D eigenvalue weighted by Gasteiger charge is 2.39. The van der Waals surface area contributed by atoms with Gasteiger partial charge in [0.25, 0.3) is 0 Å². The molecular weight excluding hydrogens is 288 g/mol. The Morgan fingerprint density at radius 3 is 2.89 bits per heavy atom. The number of hydrogen-bond acceptors (Lipinski definition) is 2. The molecule has 2 bridgehead atoms. The average molecular weight is 309 g/mol. The van der Waals surface area contributed by atoms with Crippen LogP contribution >= 0.6 is 15.9 Å². The van der Waals surface area contributed by atoms with Gasteiger partial charge in [-0.2, -0.15) is 0 Å². The van der Waals surface area contributed by atoms with Crippen LogP contribution in [0.2, 0.25) is 0 Å². The number of aryl methyl sites for hydroxylation is 1. The van der Waals surface area contributed by atoms with Crippen LogP contribution in [-0.2, 0) is 0 Å². The van der Waals surface area contributed by atoms with Gasteiger partial charge in [-0.15, -0.1) is 0 Å². The molecule has 0 radical (unpaired) electrons. The lowest BCUT2D eigenvalue weighted by Gasteiger charge is -2.28. The van der Waals surface area contributed by atoms with Crippen molar-refractivity contribution in [1.29, 1.82) is 0 Å². The van der Waals surface area contributed by atoms with Crippen LogP contribution in [0, 0.1) is 24.7 Å². The maximum Gasteiger partial charge on any atom is 0.142 e. The number of rotatable bonds is 3. The summed E-state index contributed by atoms with van der Waals surface area (Å²) in [5.74, 6) is 4.00. The summed E-state index contributed by atoms with van der Waals surface area (Å²) >= 11 is 3.67. The first-order valence-electron chi connectivity index (χ1n) is 6.97. The lowest BCUT2D eigenvalue weighted by molar-refractivity contribution is 0.337. The second kappa shape index (κ2) is 4.84. The second-order valence-corrected chi connectivity index (χ2v) is 6.87. The minimum Gasteiger partial charge on any atom is -0.358 e. The number of hydrogen-bond donors (Lipinski definition) is 0. The Bertz CT molecular complexity index is 446. The Hall–Kier alpha value is -0.570. The Labute approximate surface area is 118 Å². The topological polar surface area (TPSA) is 16.1 Å². The monoisotopic (exact) mass is 308 g/mol. The molecule has 1 aromatic heterocycles. The van der Waals surface area contributed by atoms with E-state index in [2.05, 4.69) is 45.9 Å². The Kier molecular flexibility index (Phi) is 3.35. The molecule has 2 aliphatic rings. The van der Waals surface area contributed by atoms with E-state index in [9.17, 15) is 0 Å². The van der Waals surface area contributed by atoms with Crippen molar-refractivity contribution in [2.75, 3.05) is 18.5 Å². The molecule has 0 N–H and O–H groups in total. The summed E-state index contributed by atoms with van der Waals surface area (Å²) in [7, 11) is 2.18. The van der Waals surface area contributed by atoms with E-state index in [0.29, 0.717) is 0 Å². The first kappa shape index (κ1) is 12.5. The normalized spacial score (nSPS) is 29.8. The molecular formula is C15H21BrN2. The van der Waals surface area contributed by atoms with Gasteiger partial charge in [0.2, 0.25) is 0 Å². The van der Waals surface area contributed by atoms with Gasteiger partial charge >= 0.3 is 0 Å². The summed E-state index contributed by atoms with van der Waals surface area (Å²) in [6, 6.07) is 2.05. The van der Waals surface area contributed by atoms with E-state index in [1.807, 2.05) is 6.20 Å². The third-order valence-corrected chi connectivity index (χ3v) is 5.80. The van der Waals surface area contributed by atoms with E-state index in [1.54, 1.807) is 0 Å². The summed E-state index contributed by atoms with van der Waals surface area (Å²) in [4.78, 5) is 6.86.